The van der Waals surface area contributed by atoms with Gasteiger partial charge in [0.25, 0.3) is 0 Å². The Hall–Kier alpha value is -0.840. The molecule has 0 amide bonds. The van der Waals surface area contributed by atoms with Crippen molar-refractivity contribution in [2.45, 2.75) is 51.2 Å². The molecule has 2 heterocycles. The van der Waals surface area contributed by atoms with Gasteiger partial charge in [-0.2, -0.15) is 5.10 Å². The molecular formula is C15H19ClN2OS. The first kappa shape index (κ1) is 14.1. The third-order valence-electron chi connectivity index (χ3n) is 3.99. The van der Waals surface area contributed by atoms with Crippen molar-refractivity contribution >= 4 is 22.9 Å². The van der Waals surface area contributed by atoms with Crippen LogP contribution in [-0.4, -0.2) is 14.9 Å². The maximum atomic E-state index is 10.3. The number of aromatic nitrogens is 2. The van der Waals surface area contributed by atoms with Crippen LogP contribution < -0.4 is 0 Å². The van der Waals surface area contributed by atoms with Gasteiger partial charge >= 0.3 is 0 Å². The first-order chi connectivity index (χ1) is 9.65. The van der Waals surface area contributed by atoms with Crippen LogP contribution in [0.1, 0.15) is 54.0 Å². The minimum Gasteiger partial charge on any atom is -0.387 e. The molecule has 108 valence electrons. The van der Waals surface area contributed by atoms with Crippen molar-refractivity contribution in [2.24, 2.45) is 0 Å². The van der Waals surface area contributed by atoms with Gasteiger partial charge in [0.1, 0.15) is 0 Å². The molecule has 0 bridgehead atoms. The third-order valence-corrected chi connectivity index (χ3v) is 5.81. The standard InChI is InChI=1S/C15H19ClN2OS/c1-10-9-20-15(14(10)16)13(19)8-11-6-7-18(17-11)12-4-2-3-5-12/h6-7,9,12-13,19H,2-5,8H2,1H3. The first-order valence-electron chi connectivity index (χ1n) is 7.10. The van der Waals surface area contributed by atoms with Gasteiger partial charge in [-0.3, -0.25) is 4.68 Å². The van der Waals surface area contributed by atoms with Crippen LogP contribution in [0.2, 0.25) is 5.02 Å². The van der Waals surface area contributed by atoms with Crippen molar-refractivity contribution in [3.05, 3.63) is 38.8 Å². The highest BCUT2D eigenvalue weighted by atomic mass is 35.5. The molecule has 0 radical (unpaired) electrons. The van der Waals surface area contributed by atoms with E-state index in [1.54, 1.807) is 0 Å². The highest BCUT2D eigenvalue weighted by Gasteiger charge is 2.20. The molecule has 0 aromatic carbocycles. The molecule has 1 N–H and O–H groups in total. The maximum Gasteiger partial charge on any atom is 0.0953 e. The van der Waals surface area contributed by atoms with E-state index in [9.17, 15) is 5.11 Å². The van der Waals surface area contributed by atoms with Crippen molar-refractivity contribution in [3.63, 3.8) is 0 Å². The minimum absolute atomic E-state index is 0.527. The second-order valence-corrected chi connectivity index (χ2v) is 6.83. The normalized spacial score (nSPS) is 17.8. The highest BCUT2D eigenvalue weighted by Crippen LogP contribution is 2.34. The highest BCUT2D eigenvalue weighted by molar-refractivity contribution is 7.10. The fourth-order valence-corrected chi connectivity index (χ4v) is 4.13. The Bertz CT molecular complexity index is 586. The smallest absolute Gasteiger partial charge is 0.0953 e. The van der Waals surface area contributed by atoms with E-state index in [2.05, 4.69) is 9.78 Å². The first-order valence-corrected chi connectivity index (χ1v) is 8.36. The van der Waals surface area contributed by atoms with E-state index in [0.29, 0.717) is 17.5 Å². The van der Waals surface area contributed by atoms with E-state index < -0.39 is 6.10 Å². The van der Waals surface area contributed by atoms with E-state index >= 15 is 0 Å². The summed E-state index contributed by atoms with van der Waals surface area (Å²) in [4.78, 5) is 0.847. The fraction of sp³-hybridized carbons (Fsp3) is 0.533. The fourth-order valence-electron chi connectivity index (χ4n) is 2.82. The van der Waals surface area contributed by atoms with Crippen LogP contribution in [0, 0.1) is 6.92 Å². The SMILES string of the molecule is Cc1csc(C(O)Cc2ccn(C3CCCC3)n2)c1Cl. The third kappa shape index (κ3) is 2.78. The van der Waals surface area contributed by atoms with Crippen molar-refractivity contribution in [3.8, 4) is 0 Å². The molecule has 0 saturated heterocycles. The van der Waals surface area contributed by atoms with E-state index in [4.69, 9.17) is 11.6 Å². The summed E-state index contributed by atoms with van der Waals surface area (Å²) >= 11 is 7.72. The van der Waals surface area contributed by atoms with Crippen LogP contribution in [0.25, 0.3) is 0 Å². The molecule has 1 atom stereocenters. The number of hydrogen-bond acceptors (Lipinski definition) is 3. The Morgan fingerprint density at radius 2 is 2.25 bits per heavy atom. The van der Waals surface area contributed by atoms with Gasteiger partial charge in [-0.1, -0.05) is 24.4 Å². The molecule has 20 heavy (non-hydrogen) atoms. The van der Waals surface area contributed by atoms with Gasteiger partial charge in [0.15, 0.2) is 0 Å². The zero-order valence-electron chi connectivity index (χ0n) is 11.6. The van der Waals surface area contributed by atoms with E-state index in [-0.39, 0.29) is 0 Å². The molecule has 1 unspecified atom stereocenters. The lowest BCUT2D eigenvalue weighted by Gasteiger charge is -2.10. The van der Waals surface area contributed by atoms with Gasteiger partial charge < -0.3 is 5.11 Å². The summed E-state index contributed by atoms with van der Waals surface area (Å²) in [5.41, 5.74) is 1.97. The second-order valence-electron chi connectivity index (χ2n) is 5.54. The lowest BCUT2D eigenvalue weighted by Crippen LogP contribution is -2.07. The van der Waals surface area contributed by atoms with Crippen LogP contribution in [0.5, 0.6) is 0 Å². The van der Waals surface area contributed by atoms with Gasteiger partial charge in [0.05, 0.1) is 27.7 Å². The number of thiophene rings is 1. The average molecular weight is 311 g/mol. The van der Waals surface area contributed by atoms with Gasteiger partial charge in [-0.05, 0) is 36.8 Å². The molecule has 1 aliphatic rings. The molecule has 5 heteroatoms. The predicted octanol–water partition coefficient (Wildman–Crippen LogP) is 4.30. The van der Waals surface area contributed by atoms with Crippen molar-refractivity contribution < 1.29 is 5.11 Å². The lowest BCUT2D eigenvalue weighted by molar-refractivity contribution is 0.180. The summed E-state index contributed by atoms with van der Waals surface area (Å²) in [6, 6.07) is 2.56. The molecule has 3 nitrogen and oxygen atoms in total. The Morgan fingerprint density at radius 3 is 2.90 bits per heavy atom. The lowest BCUT2D eigenvalue weighted by atomic mass is 10.1. The van der Waals surface area contributed by atoms with Crippen LogP contribution in [0.15, 0.2) is 17.6 Å². The molecule has 1 saturated carbocycles. The average Bonchev–Trinajstić information content (AvgIpc) is 3.12. The van der Waals surface area contributed by atoms with Crippen LogP contribution in [0.3, 0.4) is 0 Å². The van der Waals surface area contributed by atoms with E-state index in [1.165, 1.54) is 37.0 Å². The van der Waals surface area contributed by atoms with Crippen LogP contribution >= 0.6 is 22.9 Å². The molecule has 0 spiro atoms. The Balaban J connectivity index is 1.69. The summed E-state index contributed by atoms with van der Waals surface area (Å²) in [6.45, 7) is 1.96. The summed E-state index contributed by atoms with van der Waals surface area (Å²) < 4.78 is 2.07. The molecule has 1 aliphatic carbocycles. The number of aliphatic hydroxyl groups excluding tert-OH is 1. The molecular weight excluding hydrogens is 292 g/mol. The molecule has 2 aromatic rings. The summed E-state index contributed by atoms with van der Waals surface area (Å²) in [6.07, 6.45) is 7.05. The zero-order chi connectivity index (χ0) is 14.1. The summed E-state index contributed by atoms with van der Waals surface area (Å²) in [5, 5.41) is 17.6. The van der Waals surface area contributed by atoms with Crippen molar-refractivity contribution in [1.82, 2.24) is 9.78 Å². The largest absolute Gasteiger partial charge is 0.387 e. The van der Waals surface area contributed by atoms with Crippen molar-refractivity contribution in [2.75, 3.05) is 0 Å². The quantitative estimate of drug-likeness (QED) is 0.914. The Labute approximate surface area is 128 Å². The Morgan fingerprint density at radius 1 is 1.50 bits per heavy atom. The van der Waals surface area contributed by atoms with Gasteiger partial charge in [-0.25, -0.2) is 0 Å². The van der Waals surface area contributed by atoms with Gasteiger partial charge in [-0.15, -0.1) is 11.3 Å². The maximum absolute atomic E-state index is 10.3. The van der Waals surface area contributed by atoms with Gasteiger partial charge in [0.2, 0.25) is 0 Å². The number of rotatable bonds is 4. The topological polar surface area (TPSA) is 38.0 Å². The zero-order valence-corrected chi connectivity index (χ0v) is 13.1. The molecule has 0 aliphatic heterocycles. The van der Waals surface area contributed by atoms with E-state index in [0.717, 1.165) is 16.1 Å². The number of halogens is 1. The molecule has 2 aromatic heterocycles. The molecule has 1 fully saturated rings. The van der Waals surface area contributed by atoms with Crippen molar-refractivity contribution in [1.29, 1.82) is 0 Å². The summed E-state index contributed by atoms with van der Waals surface area (Å²) in [5.74, 6) is 0. The second kappa shape index (κ2) is 5.88. The molecule has 3 rings (SSSR count). The van der Waals surface area contributed by atoms with E-state index in [1.807, 2.05) is 24.6 Å². The number of aryl methyl sites for hydroxylation is 1. The Kier molecular flexibility index (Phi) is 4.15. The predicted molar refractivity (Wildman–Crippen MR) is 82.5 cm³/mol. The monoisotopic (exact) mass is 310 g/mol. The number of hydrogen-bond donors (Lipinski definition) is 1. The minimum atomic E-state index is -0.562. The van der Waals surface area contributed by atoms with Crippen LogP contribution in [0.4, 0.5) is 0 Å². The summed E-state index contributed by atoms with van der Waals surface area (Å²) in [7, 11) is 0. The number of nitrogens with zero attached hydrogens (tertiary/aromatic N) is 2. The number of aliphatic hydroxyl groups is 1. The van der Waals surface area contributed by atoms with Crippen LogP contribution in [-0.2, 0) is 6.42 Å². The van der Waals surface area contributed by atoms with Gasteiger partial charge in [0, 0.05) is 12.6 Å².